The highest BCUT2D eigenvalue weighted by Gasteiger charge is 2.55. The molecule has 6 heteroatoms. The van der Waals surface area contributed by atoms with Gasteiger partial charge in [-0.1, -0.05) is 18.2 Å². The molecule has 2 aliphatic rings. The number of hydrogen-bond acceptors (Lipinski definition) is 4. The molecule has 0 aliphatic carbocycles. The van der Waals surface area contributed by atoms with Crippen molar-refractivity contribution in [1.29, 1.82) is 0 Å². The average Bonchev–Trinajstić information content (AvgIpc) is 3.00. The van der Waals surface area contributed by atoms with Crippen molar-refractivity contribution in [3.8, 4) is 5.75 Å². The molecule has 0 radical (unpaired) electrons. The minimum absolute atomic E-state index is 0.0364. The van der Waals surface area contributed by atoms with Crippen molar-refractivity contribution < 1.29 is 19.4 Å². The zero-order chi connectivity index (χ0) is 17.9. The van der Waals surface area contributed by atoms with Gasteiger partial charge in [0.05, 0.1) is 6.61 Å². The van der Waals surface area contributed by atoms with E-state index in [4.69, 9.17) is 4.74 Å². The van der Waals surface area contributed by atoms with Crippen LogP contribution in [0.15, 0.2) is 30.3 Å². The number of fused-ring (bicyclic) bond motifs is 1. The predicted octanol–water partition coefficient (Wildman–Crippen LogP) is 1.71. The fourth-order valence-corrected chi connectivity index (χ4v) is 4.05. The summed E-state index contributed by atoms with van der Waals surface area (Å²) in [4.78, 5) is 28.2. The second kappa shape index (κ2) is 7.44. The van der Waals surface area contributed by atoms with Crippen LogP contribution in [0.5, 0.6) is 5.75 Å². The van der Waals surface area contributed by atoms with E-state index in [1.165, 1.54) is 0 Å². The van der Waals surface area contributed by atoms with Crippen molar-refractivity contribution >= 4 is 11.9 Å². The summed E-state index contributed by atoms with van der Waals surface area (Å²) >= 11 is 0. The molecule has 2 fully saturated rings. The van der Waals surface area contributed by atoms with Gasteiger partial charge in [0.15, 0.2) is 0 Å². The molecule has 1 amide bonds. The Morgan fingerprint density at radius 3 is 2.76 bits per heavy atom. The highest BCUT2D eigenvalue weighted by atomic mass is 16.5. The van der Waals surface area contributed by atoms with Crippen molar-refractivity contribution in [1.82, 2.24) is 9.80 Å². The monoisotopic (exact) mass is 346 g/mol. The molecule has 0 bridgehead atoms. The molecule has 136 valence electrons. The summed E-state index contributed by atoms with van der Waals surface area (Å²) in [6.07, 6.45) is 1.86. The van der Waals surface area contributed by atoms with Gasteiger partial charge in [0.2, 0.25) is 5.91 Å². The molecule has 1 aromatic rings. The summed E-state index contributed by atoms with van der Waals surface area (Å²) in [6.45, 7) is 2.80. The number of benzene rings is 1. The highest BCUT2D eigenvalue weighted by molar-refractivity contribution is 5.81. The molecule has 2 heterocycles. The van der Waals surface area contributed by atoms with E-state index in [1.807, 2.05) is 37.4 Å². The van der Waals surface area contributed by atoms with Crippen molar-refractivity contribution in [3.05, 3.63) is 30.3 Å². The van der Waals surface area contributed by atoms with Gasteiger partial charge in [-0.2, -0.15) is 0 Å². The first-order valence-electron chi connectivity index (χ1n) is 8.89. The lowest BCUT2D eigenvalue weighted by Crippen LogP contribution is -2.52. The van der Waals surface area contributed by atoms with Gasteiger partial charge in [0.1, 0.15) is 11.2 Å². The van der Waals surface area contributed by atoms with E-state index >= 15 is 0 Å². The molecule has 2 saturated heterocycles. The molecular formula is C19H26N2O4. The second-order valence-electron chi connectivity index (χ2n) is 7.22. The largest absolute Gasteiger partial charge is 0.494 e. The first kappa shape index (κ1) is 17.7. The Labute approximate surface area is 148 Å². The molecule has 0 spiro atoms. The zero-order valence-corrected chi connectivity index (χ0v) is 14.7. The maximum absolute atomic E-state index is 12.5. The SMILES string of the molecule is CN1CC[C@H]2CN(C(=O)CCCOc3ccccc3)C[C@@]2(C(=O)O)C1. The van der Waals surface area contributed by atoms with Gasteiger partial charge in [-0.15, -0.1) is 0 Å². The Morgan fingerprint density at radius 2 is 2.04 bits per heavy atom. The Balaban J connectivity index is 1.50. The van der Waals surface area contributed by atoms with Crippen LogP contribution in [0.3, 0.4) is 0 Å². The van der Waals surface area contributed by atoms with Gasteiger partial charge in [-0.25, -0.2) is 0 Å². The third kappa shape index (κ3) is 3.79. The van der Waals surface area contributed by atoms with Crippen LogP contribution in [-0.4, -0.2) is 66.6 Å². The number of carbonyl (C=O) groups excluding carboxylic acids is 1. The summed E-state index contributed by atoms with van der Waals surface area (Å²) in [6, 6.07) is 9.53. The third-order valence-electron chi connectivity index (χ3n) is 5.43. The molecule has 25 heavy (non-hydrogen) atoms. The van der Waals surface area contributed by atoms with Gasteiger partial charge in [0, 0.05) is 26.1 Å². The van der Waals surface area contributed by atoms with Crippen LogP contribution in [0, 0.1) is 11.3 Å². The maximum Gasteiger partial charge on any atom is 0.313 e. The number of aliphatic carboxylic acids is 1. The molecule has 0 unspecified atom stereocenters. The minimum atomic E-state index is -0.802. The first-order valence-corrected chi connectivity index (χ1v) is 8.89. The molecule has 3 rings (SSSR count). The molecule has 1 aromatic carbocycles. The smallest absolute Gasteiger partial charge is 0.313 e. The van der Waals surface area contributed by atoms with Crippen molar-refractivity contribution in [2.45, 2.75) is 19.3 Å². The lowest BCUT2D eigenvalue weighted by molar-refractivity contribution is -0.154. The standard InChI is InChI=1S/C19H26N2O4/c1-20-10-9-15-12-21(14-19(15,13-20)18(23)24)17(22)8-5-11-25-16-6-3-2-4-7-16/h2-4,6-7,15H,5,8-14H2,1H3,(H,23,24)/t15-,19-/m0/s1. The van der Waals surface area contributed by atoms with E-state index < -0.39 is 11.4 Å². The number of carboxylic acids is 1. The lowest BCUT2D eigenvalue weighted by Gasteiger charge is -2.39. The number of piperidine rings is 1. The molecule has 6 nitrogen and oxygen atoms in total. The van der Waals surface area contributed by atoms with Gasteiger partial charge in [0.25, 0.3) is 0 Å². The zero-order valence-electron chi connectivity index (χ0n) is 14.7. The topological polar surface area (TPSA) is 70.1 Å². The third-order valence-corrected chi connectivity index (χ3v) is 5.43. The second-order valence-corrected chi connectivity index (χ2v) is 7.22. The Bertz CT molecular complexity index is 621. The summed E-state index contributed by atoms with van der Waals surface area (Å²) < 4.78 is 5.61. The number of rotatable bonds is 6. The minimum Gasteiger partial charge on any atom is -0.494 e. The summed E-state index contributed by atoms with van der Waals surface area (Å²) in [5, 5.41) is 9.77. The van der Waals surface area contributed by atoms with Crippen LogP contribution in [-0.2, 0) is 9.59 Å². The van der Waals surface area contributed by atoms with E-state index in [0.29, 0.717) is 39.1 Å². The van der Waals surface area contributed by atoms with E-state index in [9.17, 15) is 14.7 Å². The van der Waals surface area contributed by atoms with E-state index in [1.54, 1.807) is 4.90 Å². The fourth-order valence-electron chi connectivity index (χ4n) is 4.05. The average molecular weight is 346 g/mol. The molecule has 0 aromatic heterocycles. The number of nitrogens with zero attached hydrogens (tertiary/aromatic N) is 2. The Kier molecular flexibility index (Phi) is 5.27. The van der Waals surface area contributed by atoms with Crippen LogP contribution >= 0.6 is 0 Å². The number of para-hydroxylation sites is 1. The highest BCUT2D eigenvalue weighted by Crippen LogP contribution is 2.42. The van der Waals surface area contributed by atoms with Crippen LogP contribution < -0.4 is 4.74 Å². The number of carboxylic acid groups (broad SMARTS) is 1. The number of hydrogen-bond donors (Lipinski definition) is 1. The van der Waals surface area contributed by atoms with Gasteiger partial charge in [-0.05, 0) is 44.5 Å². The van der Waals surface area contributed by atoms with E-state index in [0.717, 1.165) is 18.7 Å². The van der Waals surface area contributed by atoms with Crippen LogP contribution in [0.4, 0.5) is 0 Å². The van der Waals surface area contributed by atoms with Crippen LogP contribution in [0.1, 0.15) is 19.3 Å². The predicted molar refractivity (Wildman–Crippen MR) is 93.4 cm³/mol. The fraction of sp³-hybridized carbons (Fsp3) is 0.579. The normalized spacial score (nSPS) is 26.3. The van der Waals surface area contributed by atoms with Gasteiger partial charge >= 0.3 is 5.97 Å². The quantitative estimate of drug-likeness (QED) is 0.794. The van der Waals surface area contributed by atoms with Crippen LogP contribution in [0.2, 0.25) is 0 Å². The lowest BCUT2D eigenvalue weighted by atomic mass is 9.73. The van der Waals surface area contributed by atoms with E-state index in [2.05, 4.69) is 4.90 Å². The van der Waals surface area contributed by atoms with Crippen LogP contribution in [0.25, 0.3) is 0 Å². The summed E-state index contributed by atoms with van der Waals surface area (Å²) in [7, 11) is 1.95. The molecular weight excluding hydrogens is 320 g/mol. The van der Waals surface area contributed by atoms with Crippen molar-refractivity contribution in [2.24, 2.45) is 11.3 Å². The Hall–Kier alpha value is -2.08. The van der Waals surface area contributed by atoms with Gasteiger partial charge < -0.3 is 19.6 Å². The van der Waals surface area contributed by atoms with Gasteiger partial charge in [-0.3, -0.25) is 9.59 Å². The molecule has 1 N–H and O–H groups in total. The first-order chi connectivity index (χ1) is 12.0. The maximum atomic E-state index is 12.5. The summed E-state index contributed by atoms with van der Waals surface area (Å²) in [5.41, 5.74) is -0.802. The number of likely N-dealkylation sites (tertiary alicyclic amines) is 2. The molecule has 2 aliphatic heterocycles. The van der Waals surface area contributed by atoms with E-state index in [-0.39, 0.29) is 11.8 Å². The van der Waals surface area contributed by atoms with Crippen molar-refractivity contribution in [3.63, 3.8) is 0 Å². The number of ether oxygens (including phenoxy) is 1. The number of carbonyl (C=O) groups is 2. The molecule has 0 saturated carbocycles. The van der Waals surface area contributed by atoms with Crippen molar-refractivity contribution in [2.75, 3.05) is 39.8 Å². The Morgan fingerprint density at radius 1 is 1.28 bits per heavy atom. The molecule has 2 atom stereocenters. The number of amides is 1. The summed E-state index contributed by atoms with van der Waals surface area (Å²) in [5.74, 6) is 0.127.